The summed E-state index contributed by atoms with van der Waals surface area (Å²) in [7, 11) is 3.23. The highest BCUT2D eigenvalue weighted by atomic mass is 35.5. The smallest absolute Gasteiger partial charge is 0.358 e. The predicted molar refractivity (Wildman–Crippen MR) is 73.8 cm³/mol. The monoisotopic (exact) mass is 281 g/mol. The summed E-state index contributed by atoms with van der Waals surface area (Å²) in [6, 6.07) is 3.75. The second-order valence-corrected chi connectivity index (χ2v) is 4.80. The second kappa shape index (κ2) is 5.59. The summed E-state index contributed by atoms with van der Waals surface area (Å²) in [6.45, 7) is 2.05. The molecule has 0 aliphatic heterocycles. The Hall–Kier alpha value is -1.59. The highest BCUT2D eigenvalue weighted by Crippen LogP contribution is 2.19. The summed E-state index contributed by atoms with van der Waals surface area (Å²) in [5, 5.41) is 3.74. The van der Waals surface area contributed by atoms with E-state index in [0.29, 0.717) is 22.7 Å². The van der Waals surface area contributed by atoms with Crippen molar-refractivity contribution in [3.63, 3.8) is 0 Å². The second-order valence-electron chi connectivity index (χ2n) is 4.36. The van der Waals surface area contributed by atoms with E-state index in [0.717, 1.165) is 5.82 Å². The molecule has 0 spiro atoms. The van der Waals surface area contributed by atoms with Crippen LogP contribution in [0.15, 0.2) is 18.3 Å². The van der Waals surface area contributed by atoms with Crippen LogP contribution in [0.5, 0.6) is 0 Å². The Bertz CT molecular complexity index is 609. The van der Waals surface area contributed by atoms with Crippen LogP contribution in [-0.4, -0.2) is 35.6 Å². The van der Waals surface area contributed by atoms with Gasteiger partial charge in [-0.15, -0.1) is 0 Å². The Kier molecular flexibility index (Phi) is 4.07. The molecule has 0 radical (unpaired) electrons. The van der Waals surface area contributed by atoms with E-state index in [2.05, 4.69) is 10.3 Å². The number of rotatable bonds is 4. The molecule has 2 aromatic heterocycles. The number of pyridine rings is 1. The van der Waals surface area contributed by atoms with E-state index < -0.39 is 5.97 Å². The van der Waals surface area contributed by atoms with Gasteiger partial charge in [0, 0.05) is 18.7 Å². The van der Waals surface area contributed by atoms with Crippen molar-refractivity contribution in [3.05, 3.63) is 34.9 Å². The van der Waals surface area contributed by atoms with E-state index in [1.54, 1.807) is 18.3 Å². The van der Waals surface area contributed by atoms with Gasteiger partial charge < -0.3 is 14.5 Å². The molecule has 0 aliphatic carbocycles. The molecule has 0 saturated heterocycles. The lowest BCUT2D eigenvalue weighted by Crippen LogP contribution is -2.24. The number of carbonyl (C=O) groups excluding carboxylic acids is 1. The number of aromatic nitrogens is 2. The number of fused-ring (bicyclic) bond motifs is 1. The van der Waals surface area contributed by atoms with Crippen LogP contribution in [0.2, 0.25) is 5.02 Å². The molecule has 0 fully saturated rings. The molecular formula is C13H16ClN3O2. The summed E-state index contributed by atoms with van der Waals surface area (Å²) < 4.78 is 6.59. The van der Waals surface area contributed by atoms with Gasteiger partial charge in [-0.3, -0.25) is 0 Å². The number of imidazole rings is 1. The molecule has 5 nitrogen and oxygen atoms in total. The quantitative estimate of drug-likeness (QED) is 0.870. The van der Waals surface area contributed by atoms with E-state index in [1.807, 2.05) is 18.4 Å². The molecule has 0 aromatic carbocycles. The van der Waals surface area contributed by atoms with Gasteiger partial charge in [-0.25, -0.2) is 9.78 Å². The zero-order chi connectivity index (χ0) is 14.0. The first kappa shape index (κ1) is 13.8. The van der Waals surface area contributed by atoms with Gasteiger partial charge in [0.1, 0.15) is 5.82 Å². The normalized spacial score (nSPS) is 12.6. The molecule has 1 N–H and O–H groups in total. The first-order valence-corrected chi connectivity index (χ1v) is 6.36. The third-order valence-corrected chi connectivity index (χ3v) is 3.26. The highest BCUT2D eigenvalue weighted by molar-refractivity contribution is 6.30. The molecule has 2 heterocycles. The van der Waals surface area contributed by atoms with Crippen molar-refractivity contribution < 1.29 is 9.53 Å². The molecule has 19 heavy (non-hydrogen) atoms. The van der Waals surface area contributed by atoms with Crippen molar-refractivity contribution in [2.24, 2.45) is 0 Å². The van der Waals surface area contributed by atoms with Gasteiger partial charge in [-0.05, 0) is 26.1 Å². The number of nitrogens with zero attached hydrogens (tertiary/aromatic N) is 2. The minimum absolute atomic E-state index is 0.245. The third-order valence-electron chi connectivity index (χ3n) is 3.03. The van der Waals surface area contributed by atoms with E-state index in [4.69, 9.17) is 16.3 Å². The van der Waals surface area contributed by atoms with Crippen molar-refractivity contribution in [2.45, 2.75) is 19.4 Å². The summed E-state index contributed by atoms with van der Waals surface area (Å²) in [5.41, 5.74) is 1.02. The van der Waals surface area contributed by atoms with Crippen LogP contribution in [0.1, 0.15) is 23.2 Å². The Morgan fingerprint density at radius 3 is 2.95 bits per heavy atom. The van der Waals surface area contributed by atoms with E-state index in [-0.39, 0.29) is 6.04 Å². The predicted octanol–water partition coefficient (Wildman–Crippen LogP) is 1.92. The number of methoxy groups -OCH3 is 1. The molecule has 0 aliphatic rings. The molecule has 2 aromatic rings. The summed E-state index contributed by atoms with van der Waals surface area (Å²) in [6.07, 6.45) is 2.45. The molecule has 0 saturated carbocycles. The van der Waals surface area contributed by atoms with Gasteiger partial charge in [0.25, 0.3) is 0 Å². The van der Waals surface area contributed by atoms with Crippen molar-refractivity contribution in [2.75, 3.05) is 14.2 Å². The first-order chi connectivity index (χ1) is 9.06. The maximum atomic E-state index is 11.7. The van der Waals surface area contributed by atoms with Crippen molar-refractivity contribution in [1.29, 1.82) is 0 Å². The highest BCUT2D eigenvalue weighted by Gasteiger charge is 2.19. The minimum Gasteiger partial charge on any atom is -0.464 e. The first-order valence-electron chi connectivity index (χ1n) is 5.99. The van der Waals surface area contributed by atoms with Gasteiger partial charge in [-0.2, -0.15) is 0 Å². The zero-order valence-electron chi connectivity index (χ0n) is 11.1. The fourth-order valence-corrected chi connectivity index (χ4v) is 2.05. The molecule has 1 atom stereocenters. The van der Waals surface area contributed by atoms with E-state index in [9.17, 15) is 4.79 Å². The van der Waals surface area contributed by atoms with Crippen LogP contribution >= 0.6 is 11.6 Å². The zero-order valence-corrected chi connectivity index (χ0v) is 11.9. The molecule has 0 bridgehead atoms. The molecule has 2 rings (SSSR count). The lowest BCUT2D eigenvalue weighted by atomic mass is 10.2. The van der Waals surface area contributed by atoms with Gasteiger partial charge in [-0.1, -0.05) is 11.6 Å². The Labute approximate surface area is 116 Å². The number of esters is 1. The van der Waals surface area contributed by atoms with Crippen LogP contribution in [0.25, 0.3) is 5.52 Å². The van der Waals surface area contributed by atoms with Crippen LogP contribution in [0.4, 0.5) is 0 Å². The number of likely N-dealkylation sites (N-methyl/N-ethyl adjacent to an activating group) is 1. The fraction of sp³-hybridized carbons (Fsp3) is 0.385. The topological polar surface area (TPSA) is 55.6 Å². The number of hydrogen-bond donors (Lipinski definition) is 1. The SMILES string of the molecule is CNC(C)Cc1nc(C(=O)OC)c2ccc(Cl)cn12. The minimum atomic E-state index is -0.441. The number of carbonyl (C=O) groups is 1. The van der Waals surface area contributed by atoms with Crippen molar-refractivity contribution >= 4 is 23.1 Å². The number of hydrogen-bond acceptors (Lipinski definition) is 4. The lowest BCUT2D eigenvalue weighted by Gasteiger charge is -2.08. The summed E-state index contributed by atoms with van der Waals surface area (Å²) >= 11 is 6.00. The van der Waals surface area contributed by atoms with Crippen LogP contribution < -0.4 is 5.32 Å². The van der Waals surface area contributed by atoms with Gasteiger partial charge in [0.2, 0.25) is 0 Å². The maximum Gasteiger partial charge on any atom is 0.358 e. The van der Waals surface area contributed by atoms with Crippen molar-refractivity contribution in [1.82, 2.24) is 14.7 Å². The van der Waals surface area contributed by atoms with E-state index in [1.165, 1.54) is 7.11 Å². The number of ether oxygens (including phenoxy) is 1. The average molecular weight is 282 g/mol. The molecule has 0 amide bonds. The Morgan fingerprint density at radius 2 is 2.32 bits per heavy atom. The van der Waals surface area contributed by atoms with Crippen LogP contribution in [0, 0.1) is 0 Å². The lowest BCUT2D eigenvalue weighted by molar-refractivity contribution is 0.0596. The molecular weight excluding hydrogens is 266 g/mol. The Morgan fingerprint density at radius 1 is 1.58 bits per heavy atom. The van der Waals surface area contributed by atoms with Gasteiger partial charge in [0.05, 0.1) is 17.6 Å². The molecule has 102 valence electrons. The third kappa shape index (κ3) is 2.72. The summed E-state index contributed by atoms with van der Waals surface area (Å²) in [5.74, 6) is 0.336. The largest absolute Gasteiger partial charge is 0.464 e. The Balaban J connectivity index is 2.56. The number of nitrogens with one attached hydrogen (secondary N) is 1. The average Bonchev–Trinajstić information content (AvgIpc) is 2.76. The van der Waals surface area contributed by atoms with Crippen LogP contribution in [-0.2, 0) is 11.2 Å². The maximum absolute atomic E-state index is 11.7. The number of halogens is 1. The molecule has 6 heteroatoms. The standard InChI is InChI=1S/C13H16ClN3O2/c1-8(15-2)6-11-16-12(13(18)19-3)10-5-4-9(14)7-17(10)11/h4-5,7-8,15H,6H2,1-3H3. The van der Waals surface area contributed by atoms with Crippen LogP contribution in [0.3, 0.4) is 0 Å². The fourth-order valence-electron chi connectivity index (χ4n) is 1.89. The van der Waals surface area contributed by atoms with Gasteiger partial charge in [0.15, 0.2) is 5.69 Å². The van der Waals surface area contributed by atoms with E-state index >= 15 is 0 Å². The van der Waals surface area contributed by atoms with Gasteiger partial charge >= 0.3 is 5.97 Å². The van der Waals surface area contributed by atoms with Crippen molar-refractivity contribution in [3.8, 4) is 0 Å². The summed E-state index contributed by atoms with van der Waals surface area (Å²) in [4.78, 5) is 16.1. The molecule has 1 unspecified atom stereocenters.